The largest absolute Gasteiger partial charge is 0.491 e. The first kappa shape index (κ1) is 38.1. The summed E-state index contributed by atoms with van der Waals surface area (Å²) in [6.45, 7) is 5.82. The molecule has 5 rings (SSSR count). The molecule has 0 unspecified atom stereocenters. The minimum atomic E-state index is -4.39. The standard InChI is InChI=1S/C36H43N5O10S/c1-35(2,3)51-34(45)38-19-15-36(16-20-38)14-8-18-40(52(48,49)31-11-5-4-10-29(31)41(46)47)21-22-50-30-13-12-26(33(43)44)23-28(30)32(42)39(25-36)24-27-9-6-7-17-37-27/h4-7,9-13,17,23H,8,14-16,18-22,24-25H2,1-3H3,(H,43,44). The van der Waals surface area contributed by atoms with Gasteiger partial charge in [0.1, 0.15) is 18.0 Å². The summed E-state index contributed by atoms with van der Waals surface area (Å²) in [5.74, 6) is -1.69. The van der Waals surface area contributed by atoms with Gasteiger partial charge in [-0.25, -0.2) is 18.0 Å². The van der Waals surface area contributed by atoms with Crippen molar-refractivity contribution in [3.63, 3.8) is 0 Å². The first-order chi connectivity index (χ1) is 24.6. The number of rotatable bonds is 6. The first-order valence-electron chi connectivity index (χ1n) is 17.0. The maximum Gasteiger partial charge on any atom is 0.410 e. The van der Waals surface area contributed by atoms with Gasteiger partial charge >= 0.3 is 12.1 Å². The summed E-state index contributed by atoms with van der Waals surface area (Å²) >= 11 is 0. The second-order valence-corrected chi connectivity index (χ2v) is 16.0. The fourth-order valence-electron chi connectivity index (χ4n) is 6.60. The van der Waals surface area contributed by atoms with Gasteiger partial charge in [-0.05, 0) is 88.3 Å². The number of sulfonamides is 1. The maximum absolute atomic E-state index is 14.6. The molecule has 16 heteroatoms. The fraction of sp³-hybridized carbons (Fsp3) is 0.444. The molecule has 1 aromatic heterocycles. The summed E-state index contributed by atoms with van der Waals surface area (Å²) in [4.78, 5) is 57.9. The monoisotopic (exact) mass is 737 g/mol. The molecule has 0 aliphatic carbocycles. The number of aromatic nitrogens is 1. The Kier molecular flexibility index (Phi) is 11.5. The summed E-state index contributed by atoms with van der Waals surface area (Å²) in [6.07, 6.45) is 2.83. The minimum Gasteiger partial charge on any atom is -0.491 e. The molecule has 0 atom stereocenters. The molecular formula is C36H43N5O10S. The number of para-hydroxylation sites is 1. The average molecular weight is 738 g/mol. The lowest BCUT2D eigenvalue weighted by atomic mass is 9.74. The molecular weight excluding hydrogens is 694 g/mol. The van der Waals surface area contributed by atoms with Gasteiger partial charge in [-0.1, -0.05) is 18.2 Å². The number of aromatic carboxylic acids is 1. The van der Waals surface area contributed by atoms with E-state index in [0.29, 0.717) is 44.5 Å². The lowest BCUT2D eigenvalue weighted by Gasteiger charge is -2.45. The number of amides is 2. The molecule has 0 radical (unpaired) electrons. The fourth-order valence-corrected chi connectivity index (χ4v) is 8.22. The third-order valence-corrected chi connectivity index (χ3v) is 11.2. The van der Waals surface area contributed by atoms with Crippen LogP contribution in [0.1, 0.15) is 72.9 Å². The van der Waals surface area contributed by atoms with Crippen molar-refractivity contribution in [3.05, 3.63) is 93.8 Å². The number of carbonyl (C=O) groups is 3. The van der Waals surface area contributed by atoms with Crippen LogP contribution in [0.25, 0.3) is 0 Å². The topological polar surface area (TPSA) is 190 Å². The Balaban J connectivity index is 1.56. The van der Waals surface area contributed by atoms with Crippen LogP contribution in [0.2, 0.25) is 0 Å². The van der Waals surface area contributed by atoms with Crippen molar-refractivity contribution in [2.45, 2.75) is 63.5 Å². The predicted molar refractivity (Wildman–Crippen MR) is 188 cm³/mol. The zero-order valence-corrected chi connectivity index (χ0v) is 30.2. The molecule has 52 heavy (non-hydrogen) atoms. The summed E-state index contributed by atoms with van der Waals surface area (Å²) in [5.41, 5.74) is -1.43. The van der Waals surface area contributed by atoms with Crippen LogP contribution in [0.4, 0.5) is 10.5 Å². The van der Waals surface area contributed by atoms with Gasteiger partial charge in [0.15, 0.2) is 4.90 Å². The van der Waals surface area contributed by atoms with E-state index < -0.39 is 54.5 Å². The number of nitrogens with zero attached hydrogens (tertiary/aromatic N) is 5. The van der Waals surface area contributed by atoms with Crippen LogP contribution in [0.15, 0.2) is 71.8 Å². The second kappa shape index (κ2) is 15.7. The van der Waals surface area contributed by atoms with E-state index in [9.17, 15) is 38.0 Å². The number of carboxylic acids is 1. The molecule has 2 aromatic carbocycles. The van der Waals surface area contributed by atoms with E-state index in [4.69, 9.17) is 9.47 Å². The van der Waals surface area contributed by atoms with Crippen LogP contribution in [-0.4, -0.2) is 100 Å². The highest BCUT2D eigenvalue weighted by molar-refractivity contribution is 7.89. The van der Waals surface area contributed by atoms with E-state index in [-0.39, 0.29) is 49.7 Å². The number of carboxylic acid groups (broad SMARTS) is 1. The number of fused-ring (bicyclic) bond motifs is 1. The number of benzene rings is 2. The SMILES string of the molecule is CC(C)(C)OC(=O)N1CCC2(CCCN(S(=O)(=O)c3ccccc3[N+](=O)[O-])CCOc3ccc(C(=O)O)cc3C(=O)N(Cc3ccccn3)C2)CC1. The highest BCUT2D eigenvalue weighted by atomic mass is 32.2. The number of nitro groups is 1. The van der Waals surface area contributed by atoms with Crippen LogP contribution >= 0.6 is 0 Å². The molecule has 1 saturated heterocycles. The number of likely N-dealkylation sites (tertiary alicyclic amines) is 1. The summed E-state index contributed by atoms with van der Waals surface area (Å²) in [6, 6.07) is 14.4. The number of pyridine rings is 1. The molecule has 0 bridgehead atoms. The maximum atomic E-state index is 14.6. The molecule has 2 aliphatic rings. The Labute approximate surface area is 302 Å². The molecule has 3 heterocycles. The molecule has 2 amide bonds. The van der Waals surface area contributed by atoms with Crippen molar-refractivity contribution >= 4 is 33.7 Å². The van der Waals surface area contributed by atoms with Gasteiger partial charge in [0.05, 0.1) is 28.3 Å². The van der Waals surface area contributed by atoms with Crippen LogP contribution in [-0.2, 0) is 21.3 Å². The van der Waals surface area contributed by atoms with Crippen molar-refractivity contribution < 1.29 is 42.3 Å². The zero-order valence-electron chi connectivity index (χ0n) is 29.4. The van der Waals surface area contributed by atoms with Crippen molar-refractivity contribution in [2.24, 2.45) is 5.41 Å². The van der Waals surface area contributed by atoms with Gasteiger partial charge in [0.25, 0.3) is 11.6 Å². The van der Waals surface area contributed by atoms with Crippen molar-refractivity contribution in [1.82, 2.24) is 19.1 Å². The molecule has 3 aromatic rings. The lowest BCUT2D eigenvalue weighted by molar-refractivity contribution is -0.387. The minimum absolute atomic E-state index is 0.00569. The third kappa shape index (κ3) is 9.03. The van der Waals surface area contributed by atoms with Crippen LogP contribution < -0.4 is 4.74 Å². The van der Waals surface area contributed by atoms with Gasteiger partial charge in [-0.2, -0.15) is 4.31 Å². The first-order valence-corrected chi connectivity index (χ1v) is 18.4. The Morgan fingerprint density at radius 1 is 1.02 bits per heavy atom. The molecule has 1 spiro atoms. The highest BCUT2D eigenvalue weighted by Gasteiger charge is 2.41. The quantitative estimate of drug-likeness (QED) is 0.258. The van der Waals surface area contributed by atoms with Gasteiger partial charge in [0.2, 0.25) is 10.0 Å². The Morgan fingerprint density at radius 2 is 1.73 bits per heavy atom. The van der Waals surface area contributed by atoms with Crippen molar-refractivity contribution in [2.75, 3.05) is 39.3 Å². The number of nitro benzene ring substituents is 1. The Hall–Kier alpha value is -5.09. The van der Waals surface area contributed by atoms with Crippen molar-refractivity contribution in [1.29, 1.82) is 0 Å². The smallest absolute Gasteiger partial charge is 0.410 e. The van der Waals surface area contributed by atoms with E-state index in [1.54, 1.807) is 55.0 Å². The molecule has 1 N–H and O–H groups in total. The van der Waals surface area contributed by atoms with Gasteiger partial charge in [-0.3, -0.25) is 19.9 Å². The van der Waals surface area contributed by atoms with Crippen LogP contribution in [0.3, 0.4) is 0 Å². The summed E-state index contributed by atoms with van der Waals surface area (Å²) in [5, 5.41) is 21.6. The van der Waals surface area contributed by atoms with E-state index in [1.807, 2.05) is 0 Å². The predicted octanol–water partition coefficient (Wildman–Crippen LogP) is 5.21. The van der Waals surface area contributed by atoms with Gasteiger partial charge < -0.3 is 24.4 Å². The van der Waals surface area contributed by atoms with E-state index in [2.05, 4.69) is 4.98 Å². The lowest BCUT2D eigenvalue weighted by Crippen LogP contribution is -2.50. The van der Waals surface area contributed by atoms with Crippen LogP contribution in [0.5, 0.6) is 5.75 Å². The highest BCUT2D eigenvalue weighted by Crippen LogP contribution is 2.39. The van der Waals surface area contributed by atoms with Crippen LogP contribution in [0, 0.1) is 15.5 Å². The summed E-state index contributed by atoms with van der Waals surface area (Å²) in [7, 11) is -4.39. The van der Waals surface area contributed by atoms with Gasteiger partial charge in [-0.15, -0.1) is 0 Å². The van der Waals surface area contributed by atoms with E-state index in [1.165, 1.54) is 36.4 Å². The molecule has 0 saturated carbocycles. The normalized spacial score (nSPS) is 17.6. The molecule has 15 nitrogen and oxygen atoms in total. The van der Waals surface area contributed by atoms with Gasteiger partial charge in [0, 0.05) is 45.0 Å². The number of ether oxygens (including phenoxy) is 2. The van der Waals surface area contributed by atoms with E-state index in [0.717, 1.165) is 10.4 Å². The molecule has 2 aliphatic heterocycles. The Morgan fingerprint density at radius 3 is 2.38 bits per heavy atom. The Bertz CT molecular complexity index is 1910. The average Bonchev–Trinajstić information content (AvgIpc) is 3.10. The third-order valence-electron chi connectivity index (χ3n) is 9.22. The summed E-state index contributed by atoms with van der Waals surface area (Å²) < 4.78 is 40.9. The molecule has 278 valence electrons. The number of carbonyl (C=O) groups excluding carboxylic acids is 2. The van der Waals surface area contributed by atoms with E-state index >= 15 is 0 Å². The van der Waals surface area contributed by atoms with Crippen molar-refractivity contribution in [3.8, 4) is 5.75 Å². The number of hydrogen-bond donors (Lipinski definition) is 1. The zero-order chi connectivity index (χ0) is 37.7. The second-order valence-electron chi connectivity index (χ2n) is 14.0. The number of piperidine rings is 1. The molecule has 1 fully saturated rings. The number of hydrogen-bond acceptors (Lipinski definition) is 10.